The molecule has 0 unspecified atom stereocenters. The predicted octanol–water partition coefficient (Wildman–Crippen LogP) is 7.10. The number of amides is 1. The fraction of sp³-hybridized carbons (Fsp3) is 0.241. The number of nitrogens with zero attached hydrogens (tertiary/aromatic N) is 3. The average Bonchev–Trinajstić information content (AvgIpc) is 3.53. The molecule has 190 valence electrons. The molecule has 1 aliphatic heterocycles. The summed E-state index contributed by atoms with van der Waals surface area (Å²) in [5.41, 5.74) is 2.87. The van der Waals surface area contributed by atoms with Gasteiger partial charge in [0.1, 0.15) is 5.75 Å². The molecule has 0 bridgehead atoms. The van der Waals surface area contributed by atoms with Crippen LogP contribution >= 0.6 is 23.2 Å². The van der Waals surface area contributed by atoms with Gasteiger partial charge in [-0.1, -0.05) is 53.5 Å². The van der Waals surface area contributed by atoms with Crippen molar-refractivity contribution in [1.29, 1.82) is 0 Å². The molecule has 3 aromatic carbocycles. The number of benzene rings is 3. The van der Waals surface area contributed by atoms with Crippen LogP contribution in [0.4, 0.5) is 0 Å². The summed E-state index contributed by atoms with van der Waals surface area (Å²) >= 11 is 12.5. The van der Waals surface area contributed by atoms with E-state index in [0.717, 1.165) is 29.8 Å². The second-order valence-corrected chi connectivity index (χ2v) is 9.82. The molecule has 4 aromatic rings. The topological polar surface area (TPSA) is 56.6 Å². The van der Waals surface area contributed by atoms with Crippen molar-refractivity contribution in [2.45, 2.75) is 32.4 Å². The summed E-state index contributed by atoms with van der Waals surface area (Å²) in [4.78, 5) is 15.5. The van der Waals surface area contributed by atoms with E-state index in [-0.39, 0.29) is 18.6 Å². The third kappa shape index (κ3) is 5.82. The minimum atomic E-state index is -0.162. The van der Waals surface area contributed by atoms with Gasteiger partial charge in [-0.25, -0.2) is 4.68 Å². The van der Waals surface area contributed by atoms with Gasteiger partial charge in [0, 0.05) is 18.2 Å². The summed E-state index contributed by atoms with van der Waals surface area (Å²) < 4.78 is 14.1. The summed E-state index contributed by atoms with van der Waals surface area (Å²) in [5, 5.41) is 5.83. The third-order valence-electron chi connectivity index (χ3n) is 6.35. The van der Waals surface area contributed by atoms with Crippen molar-refractivity contribution in [3.8, 4) is 17.3 Å². The molecule has 0 aliphatic carbocycles. The minimum absolute atomic E-state index is 0.0310. The van der Waals surface area contributed by atoms with Crippen LogP contribution in [0.15, 0.2) is 78.9 Å². The van der Waals surface area contributed by atoms with Crippen LogP contribution in [0.3, 0.4) is 0 Å². The number of para-hydroxylation sites is 1. The summed E-state index contributed by atoms with van der Waals surface area (Å²) in [6.45, 7) is 3.36. The quantitative estimate of drug-likeness (QED) is 0.241. The van der Waals surface area contributed by atoms with Crippen LogP contribution in [-0.4, -0.2) is 39.8 Å². The zero-order chi connectivity index (χ0) is 25.8. The molecule has 37 heavy (non-hydrogen) atoms. The monoisotopic (exact) mass is 535 g/mol. The first-order chi connectivity index (χ1) is 18.0. The van der Waals surface area contributed by atoms with Gasteiger partial charge in [0.15, 0.2) is 0 Å². The van der Waals surface area contributed by atoms with Crippen molar-refractivity contribution in [3.63, 3.8) is 0 Å². The van der Waals surface area contributed by atoms with E-state index in [1.54, 1.807) is 33.8 Å². The number of aryl methyl sites for hydroxylation is 1. The van der Waals surface area contributed by atoms with Crippen LogP contribution in [0.2, 0.25) is 10.0 Å². The van der Waals surface area contributed by atoms with Crippen LogP contribution in [0, 0.1) is 6.92 Å². The number of hydrogen-bond donors (Lipinski definition) is 0. The van der Waals surface area contributed by atoms with Crippen molar-refractivity contribution in [2.24, 2.45) is 0 Å². The number of ether oxygens (including phenoxy) is 2. The van der Waals surface area contributed by atoms with E-state index in [9.17, 15) is 4.79 Å². The lowest BCUT2D eigenvalue weighted by Crippen LogP contribution is -2.37. The maximum Gasteiger partial charge on any atom is 0.255 e. The first kappa shape index (κ1) is 25.3. The van der Waals surface area contributed by atoms with E-state index in [2.05, 4.69) is 0 Å². The van der Waals surface area contributed by atoms with Gasteiger partial charge in [-0.2, -0.15) is 5.10 Å². The number of aromatic nitrogens is 2. The molecule has 1 aliphatic rings. The molecule has 6 nitrogen and oxygen atoms in total. The first-order valence-corrected chi connectivity index (χ1v) is 13.0. The Kier molecular flexibility index (Phi) is 7.79. The van der Waals surface area contributed by atoms with Crippen LogP contribution in [-0.2, 0) is 11.3 Å². The highest BCUT2D eigenvalue weighted by atomic mass is 35.5. The fourth-order valence-electron chi connectivity index (χ4n) is 4.43. The van der Waals surface area contributed by atoms with Crippen molar-refractivity contribution in [1.82, 2.24) is 14.7 Å². The van der Waals surface area contributed by atoms with Gasteiger partial charge in [-0.05, 0) is 68.3 Å². The van der Waals surface area contributed by atoms with Crippen LogP contribution in [0.25, 0.3) is 5.69 Å². The van der Waals surface area contributed by atoms with Gasteiger partial charge >= 0.3 is 0 Å². The van der Waals surface area contributed by atoms with Crippen molar-refractivity contribution in [3.05, 3.63) is 106 Å². The molecule has 8 heteroatoms. The Bertz CT molecular complexity index is 1370. The zero-order valence-electron chi connectivity index (χ0n) is 20.4. The van der Waals surface area contributed by atoms with Crippen LogP contribution < -0.4 is 4.74 Å². The molecule has 1 atom stereocenters. The van der Waals surface area contributed by atoms with Crippen molar-refractivity contribution < 1.29 is 14.3 Å². The van der Waals surface area contributed by atoms with Gasteiger partial charge in [0.2, 0.25) is 5.88 Å². The summed E-state index contributed by atoms with van der Waals surface area (Å²) in [6, 6.07) is 24.0. The molecule has 0 radical (unpaired) electrons. The highest BCUT2D eigenvalue weighted by Crippen LogP contribution is 2.33. The van der Waals surface area contributed by atoms with Gasteiger partial charge in [0.05, 0.1) is 40.2 Å². The molecule has 1 fully saturated rings. The first-order valence-electron chi connectivity index (χ1n) is 12.2. The third-order valence-corrected chi connectivity index (χ3v) is 6.94. The highest BCUT2D eigenvalue weighted by molar-refractivity contribution is 6.33. The lowest BCUT2D eigenvalue weighted by Gasteiger charge is -2.26. The number of hydrogen-bond acceptors (Lipinski definition) is 4. The Morgan fingerprint density at radius 1 is 1.05 bits per heavy atom. The van der Waals surface area contributed by atoms with Crippen molar-refractivity contribution in [2.75, 3.05) is 13.2 Å². The van der Waals surface area contributed by atoms with E-state index in [0.29, 0.717) is 40.4 Å². The van der Waals surface area contributed by atoms with Crippen LogP contribution in [0.5, 0.6) is 11.6 Å². The Labute approximate surface area is 226 Å². The lowest BCUT2D eigenvalue weighted by molar-refractivity contribution is 0.0505. The van der Waals surface area contributed by atoms with Gasteiger partial charge < -0.3 is 14.4 Å². The maximum atomic E-state index is 13.8. The molecule has 0 spiro atoms. The Morgan fingerprint density at radius 2 is 1.78 bits per heavy atom. The molecular formula is C29H27Cl2N3O3. The average molecular weight is 536 g/mol. The molecule has 0 N–H and O–H groups in total. The molecule has 0 saturated carbocycles. The Hall–Kier alpha value is -3.32. The molecule has 1 amide bonds. The molecule has 1 saturated heterocycles. The lowest BCUT2D eigenvalue weighted by atomic mass is 10.1. The van der Waals surface area contributed by atoms with E-state index in [1.807, 2.05) is 61.5 Å². The number of carbonyl (C=O) groups is 1. The Balaban J connectivity index is 1.55. The summed E-state index contributed by atoms with van der Waals surface area (Å²) in [5.74, 6) is 0.992. The smallest absolute Gasteiger partial charge is 0.255 e. The normalized spacial score (nSPS) is 15.1. The molecule has 5 rings (SSSR count). The van der Waals surface area contributed by atoms with E-state index in [4.69, 9.17) is 37.8 Å². The second-order valence-electron chi connectivity index (χ2n) is 8.97. The zero-order valence-corrected chi connectivity index (χ0v) is 22.0. The predicted molar refractivity (Wildman–Crippen MR) is 145 cm³/mol. The summed E-state index contributed by atoms with van der Waals surface area (Å²) in [6.07, 6.45) is 1.86. The molecule has 1 aromatic heterocycles. The van der Waals surface area contributed by atoms with E-state index >= 15 is 0 Å². The van der Waals surface area contributed by atoms with E-state index < -0.39 is 0 Å². The largest absolute Gasteiger partial charge is 0.439 e. The Morgan fingerprint density at radius 3 is 2.49 bits per heavy atom. The summed E-state index contributed by atoms with van der Waals surface area (Å²) in [7, 11) is 0. The highest BCUT2D eigenvalue weighted by Gasteiger charge is 2.28. The van der Waals surface area contributed by atoms with Gasteiger partial charge in [-0.3, -0.25) is 4.79 Å². The maximum absolute atomic E-state index is 13.8. The van der Waals surface area contributed by atoms with Gasteiger partial charge in [-0.15, -0.1) is 0 Å². The standard InChI is InChI=1S/C29H27Cl2N3O3/c1-20-26(19-33(18-24-10-7-17-36-24)28(35)25-11-5-6-12-27(25)31)29(37-23-15-13-21(30)14-16-23)34(32-20)22-8-3-2-4-9-22/h2-6,8-9,11-16,24H,7,10,17-19H2,1H3/t24-/m0/s1. The minimum Gasteiger partial charge on any atom is -0.439 e. The molecular weight excluding hydrogens is 509 g/mol. The fourth-order valence-corrected chi connectivity index (χ4v) is 4.78. The van der Waals surface area contributed by atoms with Crippen LogP contribution in [0.1, 0.15) is 34.5 Å². The molecule has 2 heterocycles. The number of rotatable bonds is 8. The number of halogens is 2. The number of carbonyl (C=O) groups excluding carboxylic acids is 1. The van der Waals surface area contributed by atoms with Gasteiger partial charge in [0.25, 0.3) is 5.91 Å². The van der Waals surface area contributed by atoms with Crippen molar-refractivity contribution >= 4 is 29.1 Å². The second kappa shape index (κ2) is 11.4. The van der Waals surface area contributed by atoms with E-state index in [1.165, 1.54) is 0 Å². The SMILES string of the molecule is Cc1nn(-c2ccccc2)c(Oc2ccc(Cl)cc2)c1CN(C[C@@H]1CCCO1)C(=O)c1ccccc1Cl.